The van der Waals surface area contributed by atoms with Crippen molar-refractivity contribution < 1.29 is 4.79 Å². The lowest BCUT2D eigenvalue weighted by molar-refractivity contribution is -0.132. The largest absolute Gasteiger partial charge is 0.331 e. The van der Waals surface area contributed by atoms with Gasteiger partial charge in [-0.3, -0.25) is 9.48 Å². The van der Waals surface area contributed by atoms with Gasteiger partial charge in [-0.25, -0.2) is 9.97 Å². The third-order valence-electron chi connectivity index (χ3n) is 4.07. The lowest BCUT2D eigenvalue weighted by atomic mass is 9.95. The Hall–Kier alpha value is -2.24. The van der Waals surface area contributed by atoms with E-state index in [1.807, 2.05) is 31.0 Å². The van der Waals surface area contributed by atoms with Crippen molar-refractivity contribution in [3.63, 3.8) is 0 Å². The highest BCUT2D eigenvalue weighted by atomic mass is 16.2. The molecule has 0 unspecified atom stereocenters. The summed E-state index contributed by atoms with van der Waals surface area (Å²) in [4.78, 5) is 23.5. The summed E-state index contributed by atoms with van der Waals surface area (Å²) >= 11 is 0. The Kier molecular flexibility index (Phi) is 3.70. The van der Waals surface area contributed by atoms with Crippen LogP contribution in [0, 0.1) is 13.8 Å². The number of hydrogen-bond donors (Lipinski definition) is 0. The molecule has 2 aromatic heterocycles. The van der Waals surface area contributed by atoms with E-state index in [9.17, 15) is 4.79 Å². The molecule has 23 heavy (non-hydrogen) atoms. The van der Waals surface area contributed by atoms with Crippen molar-refractivity contribution in [3.8, 4) is 0 Å². The molecule has 1 amide bonds. The van der Waals surface area contributed by atoms with Crippen molar-refractivity contribution >= 4 is 5.91 Å². The van der Waals surface area contributed by atoms with Gasteiger partial charge in [0.1, 0.15) is 12.4 Å². The van der Waals surface area contributed by atoms with Gasteiger partial charge in [0.25, 0.3) is 0 Å². The first-order chi connectivity index (χ1) is 10.7. The van der Waals surface area contributed by atoms with Gasteiger partial charge in [-0.1, -0.05) is 20.8 Å². The van der Waals surface area contributed by atoms with Crippen LogP contribution in [0.3, 0.4) is 0 Å². The Morgan fingerprint density at radius 1 is 1.26 bits per heavy atom. The number of fused-ring (bicyclic) bond motifs is 1. The Bertz CT molecular complexity index is 757. The van der Waals surface area contributed by atoms with Crippen LogP contribution in [0.2, 0.25) is 0 Å². The predicted octanol–water partition coefficient (Wildman–Crippen LogP) is 2.13. The molecule has 0 bridgehead atoms. The number of aromatic nitrogens is 4. The van der Waals surface area contributed by atoms with Crippen molar-refractivity contribution in [2.24, 2.45) is 0 Å². The monoisotopic (exact) mass is 313 g/mol. The second-order valence-electron chi connectivity index (χ2n) is 7.25. The molecule has 0 aliphatic carbocycles. The summed E-state index contributed by atoms with van der Waals surface area (Å²) in [7, 11) is 0. The first-order valence-corrected chi connectivity index (χ1v) is 7.88. The van der Waals surface area contributed by atoms with Crippen LogP contribution in [0.4, 0.5) is 0 Å². The summed E-state index contributed by atoms with van der Waals surface area (Å²) < 4.78 is 1.76. The predicted molar refractivity (Wildman–Crippen MR) is 86.7 cm³/mol. The molecule has 0 spiro atoms. The van der Waals surface area contributed by atoms with Gasteiger partial charge in [0.05, 0.1) is 17.9 Å². The molecule has 0 radical (unpaired) electrons. The minimum absolute atomic E-state index is 0.0616. The number of rotatable bonds is 2. The van der Waals surface area contributed by atoms with Crippen molar-refractivity contribution in [2.75, 3.05) is 0 Å². The molecule has 2 aromatic rings. The molecule has 0 fully saturated rings. The molecule has 1 aliphatic heterocycles. The third-order valence-corrected chi connectivity index (χ3v) is 4.07. The van der Waals surface area contributed by atoms with Crippen LogP contribution in [0.1, 0.15) is 49.2 Å². The molecule has 3 heterocycles. The second kappa shape index (κ2) is 5.44. The Morgan fingerprint density at radius 3 is 2.61 bits per heavy atom. The fraction of sp³-hybridized carbons (Fsp3) is 0.529. The maximum atomic E-state index is 12.5. The van der Waals surface area contributed by atoms with Crippen LogP contribution in [0.15, 0.2) is 12.3 Å². The van der Waals surface area contributed by atoms with E-state index in [0.29, 0.717) is 13.1 Å². The van der Waals surface area contributed by atoms with Crippen LogP contribution in [0.25, 0.3) is 0 Å². The van der Waals surface area contributed by atoms with Crippen LogP contribution in [-0.4, -0.2) is 30.6 Å². The molecule has 0 N–H and O–H groups in total. The Morgan fingerprint density at radius 2 is 2.00 bits per heavy atom. The zero-order valence-electron chi connectivity index (χ0n) is 14.4. The molecule has 0 atom stereocenters. The zero-order chi connectivity index (χ0) is 16.8. The van der Waals surface area contributed by atoms with Crippen LogP contribution in [-0.2, 0) is 29.8 Å². The minimum atomic E-state index is -0.0871. The van der Waals surface area contributed by atoms with Gasteiger partial charge in [-0.05, 0) is 19.9 Å². The van der Waals surface area contributed by atoms with E-state index in [0.717, 1.165) is 28.5 Å². The van der Waals surface area contributed by atoms with Gasteiger partial charge in [0.15, 0.2) is 0 Å². The number of nitrogens with zero attached hydrogens (tertiary/aromatic N) is 5. The summed E-state index contributed by atoms with van der Waals surface area (Å²) in [5, 5.41) is 4.36. The summed E-state index contributed by atoms with van der Waals surface area (Å²) in [6, 6.07) is 1.98. The average molecular weight is 313 g/mol. The lowest BCUT2D eigenvalue weighted by Crippen LogP contribution is -2.30. The molecule has 6 heteroatoms. The van der Waals surface area contributed by atoms with Gasteiger partial charge in [0, 0.05) is 29.4 Å². The molecular weight excluding hydrogens is 290 g/mol. The van der Waals surface area contributed by atoms with Gasteiger partial charge in [-0.2, -0.15) is 5.10 Å². The van der Waals surface area contributed by atoms with Crippen molar-refractivity contribution in [1.29, 1.82) is 0 Å². The summed E-state index contributed by atoms with van der Waals surface area (Å²) in [6.07, 6.45) is 1.86. The topological polar surface area (TPSA) is 63.9 Å². The Balaban J connectivity index is 1.74. The zero-order valence-corrected chi connectivity index (χ0v) is 14.4. The molecule has 122 valence electrons. The molecule has 0 saturated carbocycles. The summed E-state index contributed by atoms with van der Waals surface area (Å²) in [5.41, 5.74) is 3.85. The number of carbonyl (C=O) groups is 1. The molecule has 0 aromatic carbocycles. The van der Waals surface area contributed by atoms with E-state index in [-0.39, 0.29) is 17.9 Å². The fourth-order valence-electron chi connectivity index (χ4n) is 2.75. The van der Waals surface area contributed by atoms with Crippen molar-refractivity contribution in [3.05, 3.63) is 40.7 Å². The fourth-order valence-corrected chi connectivity index (χ4v) is 2.75. The highest BCUT2D eigenvalue weighted by molar-refractivity contribution is 5.76. The molecule has 0 saturated heterocycles. The van der Waals surface area contributed by atoms with Gasteiger partial charge in [-0.15, -0.1) is 0 Å². The Labute approximate surface area is 136 Å². The van der Waals surface area contributed by atoms with E-state index >= 15 is 0 Å². The average Bonchev–Trinajstić information content (AvgIpc) is 3.00. The quantitative estimate of drug-likeness (QED) is 0.852. The van der Waals surface area contributed by atoms with Crippen LogP contribution in [0.5, 0.6) is 0 Å². The van der Waals surface area contributed by atoms with Gasteiger partial charge >= 0.3 is 0 Å². The normalized spacial score (nSPS) is 14.2. The highest BCUT2D eigenvalue weighted by Gasteiger charge is 2.27. The van der Waals surface area contributed by atoms with E-state index in [2.05, 4.69) is 35.8 Å². The van der Waals surface area contributed by atoms with Crippen LogP contribution < -0.4 is 0 Å². The molecule has 3 rings (SSSR count). The first kappa shape index (κ1) is 15.6. The van der Waals surface area contributed by atoms with E-state index in [1.54, 1.807) is 4.68 Å². The highest BCUT2D eigenvalue weighted by Crippen LogP contribution is 2.24. The first-order valence-electron chi connectivity index (χ1n) is 7.88. The SMILES string of the molecule is Cc1cc(C)n(CC(=O)N2Cc3cnc(C(C)(C)C)nc3C2)n1. The van der Waals surface area contributed by atoms with E-state index < -0.39 is 0 Å². The second-order valence-corrected chi connectivity index (χ2v) is 7.25. The van der Waals surface area contributed by atoms with Gasteiger partial charge < -0.3 is 4.90 Å². The number of hydrogen-bond acceptors (Lipinski definition) is 4. The van der Waals surface area contributed by atoms with Crippen molar-refractivity contribution in [2.45, 2.75) is 59.7 Å². The van der Waals surface area contributed by atoms with Crippen LogP contribution >= 0.6 is 0 Å². The standard InChI is InChI=1S/C17H23N5O/c1-11-6-12(2)22(20-11)10-15(23)21-8-13-7-18-16(17(3,4)5)19-14(13)9-21/h6-7H,8-10H2,1-5H3. The smallest absolute Gasteiger partial charge is 0.244 e. The number of aryl methyl sites for hydroxylation is 2. The number of amides is 1. The van der Waals surface area contributed by atoms with E-state index in [1.165, 1.54) is 0 Å². The van der Waals surface area contributed by atoms with Gasteiger partial charge in [0.2, 0.25) is 5.91 Å². The lowest BCUT2D eigenvalue weighted by Gasteiger charge is -2.16. The third kappa shape index (κ3) is 3.11. The molecule has 6 nitrogen and oxygen atoms in total. The molecular formula is C17H23N5O. The minimum Gasteiger partial charge on any atom is -0.331 e. The molecule has 1 aliphatic rings. The van der Waals surface area contributed by atoms with E-state index in [4.69, 9.17) is 0 Å². The number of carbonyl (C=O) groups excluding carboxylic acids is 1. The van der Waals surface area contributed by atoms with Crippen molar-refractivity contribution in [1.82, 2.24) is 24.6 Å². The summed E-state index contributed by atoms with van der Waals surface area (Å²) in [5.74, 6) is 0.885. The maximum absolute atomic E-state index is 12.5. The summed E-state index contributed by atoms with van der Waals surface area (Å²) in [6.45, 7) is 11.6. The maximum Gasteiger partial charge on any atom is 0.244 e.